The Morgan fingerprint density at radius 1 is 1.25 bits per heavy atom. The van der Waals surface area contributed by atoms with Crippen molar-refractivity contribution in [2.75, 3.05) is 0 Å². The zero-order valence-corrected chi connectivity index (χ0v) is 13.5. The van der Waals surface area contributed by atoms with Gasteiger partial charge < -0.3 is 0 Å². The summed E-state index contributed by atoms with van der Waals surface area (Å²) < 4.78 is 39.6. The number of sulfonamides is 1. The van der Waals surface area contributed by atoms with Gasteiger partial charge in [0.1, 0.15) is 10.7 Å². The van der Waals surface area contributed by atoms with Gasteiger partial charge in [-0.1, -0.05) is 29.4 Å². The predicted molar refractivity (Wildman–Crippen MR) is 88.8 cm³/mol. The molecule has 0 bridgehead atoms. The number of hydrogen-bond donors (Lipinski definition) is 1. The van der Waals surface area contributed by atoms with E-state index in [1.165, 1.54) is 18.2 Å². The summed E-state index contributed by atoms with van der Waals surface area (Å²) >= 11 is 6.22. The Balaban J connectivity index is 2.43. The van der Waals surface area contributed by atoms with Crippen LogP contribution in [-0.4, -0.2) is 12.5 Å². The first kappa shape index (κ1) is 16.3. The Morgan fingerprint density at radius 2 is 1.96 bits per heavy atom. The summed E-state index contributed by atoms with van der Waals surface area (Å²) in [5.74, 6) is -0.797. The number of primary sulfonamides is 1. The van der Waals surface area contributed by atoms with Crippen molar-refractivity contribution in [3.8, 4) is 11.3 Å². The molecule has 3 rings (SSSR count). The van der Waals surface area contributed by atoms with Crippen LogP contribution in [0.15, 0.2) is 52.5 Å². The molecule has 0 amide bonds. The van der Waals surface area contributed by atoms with Crippen LogP contribution in [0.3, 0.4) is 0 Å². The normalized spacial score (nSPS) is 11.5. The topological polar surface area (TPSA) is 114 Å². The fourth-order valence-corrected chi connectivity index (χ4v) is 3.82. The number of rotatable bonds is 3. The number of azide groups is 1. The number of nitrogens with two attached hydrogens (primary N) is 1. The molecule has 0 radical (unpaired) electrons. The van der Waals surface area contributed by atoms with E-state index in [9.17, 15) is 12.8 Å². The maximum Gasteiger partial charge on any atom is 0.240 e. The van der Waals surface area contributed by atoms with Gasteiger partial charge >= 0.3 is 0 Å². The van der Waals surface area contributed by atoms with Gasteiger partial charge in [-0.05, 0) is 23.7 Å². The first-order valence-corrected chi connectivity index (χ1v) is 8.40. The largest absolute Gasteiger partial charge is 0.251 e. The second kappa shape index (κ2) is 5.81. The molecule has 10 heteroatoms. The zero-order chi connectivity index (χ0) is 17.5. The Labute approximate surface area is 140 Å². The van der Waals surface area contributed by atoms with E-state index in [-0.39, 0.29) is 27.2 Å². The molecule has 0 saturated carbocycles. The van der Waals surface area contributed by atoms with Gasteiger partial charge in [-0.3, -0.25) is 4.09 Å². The molecule has 24 heavy (non-hydrogen) atoms. The van der Waals surface area contributed by atoms with Gasteiger partial charge in [0, 0.05) is 33.3 Å². The van der Waals surface area contributed by atoms with E-state index in [0.29, 0.717) is 5.52 Å². The molecule has 0 unspecified atom stereocenters. The monoisotopic (exact) mass is 365 g/mol. The van der Waals surface area contributed by atoms with Gasteiger partial charge in [0.25, 0.3) is 0 Å². The maximum atomic E-state index is 14.4. The molecule has 0 saturated heterocycles. The van der Waals surface area contributed by atoms with Crippen molar-refractivity contribution in [3.05, 3.63) is 58.7 Å². The van der Waals surface area contributed by atoms with Crippen molar-refractivity contribution in [1.82, 2.24) is 4.09 Å². The number of aromatic nitrogens is 1. The van der Waals surface area contributed by atoms with Crippen LogP contribution in [0.25, 0.3) is 32.6 Å². The second-order valence-corrected chi connectivity index (χ2v) is 6.71. The lowest BCUT2D eigenvalue weighted by atomic mass is 10.1. The Morgan fingerprint density at radius 3 is 2.58 bits per heavy atom. The highest BCUT2D eigenvalue weighted by Crippen LogP contribution is 2.39. The smallest absolute Gasteiger partial charge is 0.240 e. The van der Waals surface area contributed by atoms with Crippen molar-refractivity contribution in [2.24, 2.45) is 10.3 Å². The highest BCUT2D eigenvalue weighted by Gasteiger charge is 2.27. The van der Waals surface area contributed by atoms with Gasteiger partial charge in [0.15, 0.2) is 0 Å². The average Bonchev–Trinajstić information content (AvgIpc) is 2.81. The van der Waals surface area contributed by atoms with Gasteiger partial charge in [-0.15, -0.1) is 0 Å². The maximum absolute atomic E-state index is 14.4. The highest BCUT2D eigenvalue weighted by molar-refractivity contribution is 7.89. The Bertz CT molecular complexity index is 1120. The van der Waals surface area contributed by atoms with Crippen molar-refractivity contribution in [1.29, 1.82) is 0 Å². The highest BCUT2D eigenvalue weighted by atomic mass is 35.5. The van der Waals surface area contributed by atoms with Crippen LogP contribution in [0.4, 0.5) is 10.1 Å². The summed E-state index contributed by atoms with van der Waals surface area (Å²) in [6, 6.07) is 10.0. The number of hydrogen-bond acceptors (Lipinski definition) is 3. The van der Waals surface area contributed by atoms with Crippen LogP contribution in [0.5, 0.6) is 0 Å². The number of para-hydroxylation sites is 1. The van der Waals surface area contributed by atoms with Crippen molar-refractivity contribution in [2.45, 2.75) is 4.90 Å². The molecular formula is C14H9ClFN5O2S. The van der Waals surface area contributed by atoms with E-state index in [1.54, 1.807) is 18.2 Å². The molecule has 0 aliphatic carbocycles. The third-order valence-corrected chi connectivity index (χ3v) is 4.76. The molecule has 2 N–H and O–H groups in total. The molecule has 0 aliphatic rings. The molecule has 122 valence electrons. The molecule has 1 heterocycles. The van der Waals surface area contributed by atoms with Gasteiger partial charge in [-0.25, -0.2) is 17.9 Å². The van der Waals surface area contributed by atoms with E-state index in [4.69, 9.17) is 22.4 Å². The summed E-state index contributed by atoms with van der Waals surface area (Å²) in [6.45, 7) is 0. The molecule has 7 nitrogen and oxygen atoms in total. The SMILES string of the molecule is [N-]=[N+]=Nc1ccc(-c2c(S(N)(=O)=O)c3ccccc3n2Cl)c(F)c1. The lowest BCUT2D eigenvalue weighted by Crippen LogP contribution is -2.13. The number of fused-ring (bicyclic) bond motifs is 1. The molecule has 0 atom stereocenters. The molecule has 0 aliphatic heterocycles. The molecule has 0 fully saturated rings. The summed E-state index contributed by atoms with van der Waals surface area (Å²) in [4.78, 5) is 2.30. The van der Waals surface area contributed by atoms with Crippen LogP contribution in [-0.2, 0) is 10.0 Å². The first-order chi connectivity index (χ1) is 11.3. The van der Waals surface area contributed by atoms with E-state index >= 15 is 0 Å². The lowest BCUT2D eigenvalue weighted by Gasteiger charge is -2.07. The molecular weight excluding hydrogens is 357 g/mol. The third-order valence-electron chi connectivity index (χ3n) is 3.42. The van der Waals surface area contributed by atoms with Crippen LogP contribution in [0.2, 0.25) is 0 Å². The molecule has 0 spiro atoms. The lowest BCUT2D eigenvalue weighted by molar-refractivity contribution is 0.598. The van der Waals surface area contributed by atoms with E-state index < -0.39 is 15.8 Å². The number of benzene rings is 2. The summed E-state index contributed by atoms with van der Waals surface area (Å²) in [7, 11) is -4.18. The van der Waals surface area contributed by atoms with Crippen LogP contribution in [0.1, 0.15) is 0 Å². The molecule has 1 aromatic heterocycles. The first-order valence-electron chi connectivity index (χ1n) is 6.52. The van der Waals surface area contributed by atoms with E-state index in [0.717, 1.165) is 10.2 Å². The third kappa shape index (κ3) is 2.59. The minimum atomic E-state index is -4.18. The number of nitrogens with zero attached hydrogens (tertiary/aromatic N) is 4. The summed E-state index contributed by atoms with van der Waals surface area (Å²) in [5, 5.41) is 8.89. The van der Waals surface area contributed by atoms with Gasteiger partial charge in [-0.2, -0.15) is 0 Å². The van der Waals surface area contributed by atoms with E-state index in [2.05, 4.69) is 10.0 Å². The predicted octanol–water partition coefficient (Wildman–Crippen LogP) is 4.04. The van der Waals surface area contributed by atoms with Gasteiger partial charge in [0.2, 0.25) is 10.0 Å². The fraction of sp³-hybridized carbons (Fsp3) is 0. The fourth-order valence-electron chi connectivity index (χ4n) is 2.50. The summed E-state index contributed by atoms with van der Waals surface area (Å²) in [5.41, 5.74) is 8.65. The molecule has 2 aromatic carbocycles. The minimum Gasteiger partial charge on any atom is -0.251 e. The second-order valence-electron chi connectivity index (χ2n) is 4.87. The minimum absolute atomic E-state index is 0.0492. The zero-order valence-electron chi connectivity index (χ0n) is 11.9. The van der Waals surface area contributed by atoms with Crippen molar-refractivity contribution < 1.29 is 12.8 Å². The standard InChI is InChI=1S/C14H9ClFN5O2S/c15-21-12-4-2-1-3-10(12)14(24(18,22)23)13(21)9-6-5-8(19-20-17)7-11(9)16/h1-7H,(H2,18,22,23). The molecule has 3 aromatic rings. The van der Waals surface area contributed by atoms with Crippen LogP contribution < -0.4 is 5.14 Å². The van der Waals surface area contributed by atoms with Crippen LogP contribution >= 0.6 is 11.8 Å². The van der Waals surface area contributed by atoms with E-state index in [1.807, 2.05) is 0 Å². The average molecular weight is 366 g/mol. The Kier molecular flexibility index (Phi) is 3.94. The Hall–Kier alpha value is -2.58. The van der Waals surface area contributed by atoms with Gasteiger partial charge in [0.05, 0.1) is 11.2 Å². The van der Waals surface area contributed by atoms with Crippen molar-refractivity contribution in [3.63, 3.8) is 0 Å². The van der Waals surface area contributed by atoms with Crippen molar-refractivity contribution >= 4 is 38.4 Å². The van der Waals surface area contributed by atoms with Crippen LogP contribution in [0, 0.1) is 5.82 Å². The number of halogens is 2. The summed E-state index contributed by atoms with van der Waals surface area (Å²) in [6.07, 6.45) is 0. The quantitative estimate of drug-likeness (QED) is 0.428.